The van der Waals surface area contributed by atoms with E-state index in [9.17, 15) is 5.11 Å². The zero-order valence-electron chi connectivity index (χ0n) is 10.5. The van der Waals surface area contributed by atoms with Crippen LogP contribution in [-0.2, 0) is 0 Å². The summed E-state index contributed by atoms with van der Waals surface area (Å²) >= 11 is 15.2. The fraction of sp³-hybridized carbons (Fsp3) is 0. The van der Waals surface area contributed by atoms with E-state index in [1.165, 1.54) is 0 Å². The molecule has 0 aliphatic carbocycles. The third-order valence-corrected chi connectivity index (χ3v) is 6.14. The molecule has 2 aromatic carbocycles. The molecule has 0 bridgehead atoms. The minimum Gasteiger partial charge on any atom is -0.458 e. The van der Waals surface area contributed by atoms with Crippen molar-refractivity contribution in [3.8, 4) is 16.3 Å². The minimum atomic E-state index is 0.242. The number of halogens is 2. The third-order valence-electron chi connectivity index (χ3n) is 3.25. The van der Waals surface area contributed by atoms with Crippen LogP contribution in [0, 0.1) is 0 Å². The molecule has 1 N–H and O–H groups in total. The van der Waals surface area contributed by atoms with Crippen molar-refractivity contribution in [2.45, 2.75) is 0 Å². The number of nitrogens with zero attached hydrogens (tertiary/aromatic N) is 1. The van der Waals surface area contributed by atoms with Gasteiger partial charge in [-0.15, -0.1) is 4.40 Å². The van der Waals surface area contributed by atoms with E-state index in [2.05, 4.69) is 0 Å². The molecule has 0 spiro atoms. The van der Waals surface area contributed by atoms with E-state index in [0.717, 1.165) is 24.8 Å². The first-order valence-corrected chi connectivity index (χ1v) is 8.54. The molecule has 21 heavy (non-hydrogen) atoms. The maximum absolute atomic E-state index is 10.6. The van der Waals surface area contributed by atoms with Crippen molar-refractivity contribution < 1.29 is 9.51 Å². The molecule has 4 aromatic rings. The number of thiazole rings is 2. The lowest BCUT2D eigenvalue weighted by atomic mass is 10.2. The minimum absolute atomic E-state index is 0.242. The lowest BCUT2D eigenvalue weighted by Crippen LogP contribution is -2.15. The van der Waals surface area contributed by atoms with Crippen molar-refractivity contribution in [2.75, 3.05) is 0 Å². The van der Waals surface area contributed by atoms with Gasteiger partial charge in [0.1, 0.15) is 4.70 Å². The highest BCUT2D eigenvalue weighted by Crippen LogP contribution is 2.39. The Labute approximate surface area is 138 Å². The van der Waals surface area contributed by atoms with E-state index in [-0.39, 0.29) is 5.88 Å². The Kier molecular flexibility index (Phi) is 3.08. The maximum atomic E-state index is 10.6. The molecule has 0 amide bonds. The first-order chi connectivity index (χ1) is 10.1. The number of benzene rings is 2. The molecule has 0 unspecified atom stereocenters. The van der Waals surface area contributed by atoms with Crippen LogP contribution >= 0.6 is 45.9 Å². The summed E-state index contributed by atoms with van der Waals surface area (Å²) in [5.74, 6) is 0.242. The van der Waals surface area contributed by atoms with Crippen molar-refractivity contribution in [3.63, 3.8) is 0 Å². The van der Waals surface area contributed by atoms with Gasteiger partial charge >= 0.3 is 10.0 Å². The van der Waals surface area contributed by atoms with E-state index in [4.69, 9.17) is 23.2 Å². The summed E-state index contributed by atoms with van der Waals surface area (Å²) in [5.41, 5.74) is 1.88. The number of hydrogen-bond acceptors (Lipinski definition) is 3. The quantitative estimate of drug-likeness (QED) is 0.457. The first-order valence-electron chi connectivity index (χ1n) is 6.15. The second kappa shape index (κ2) is 4.85. The summed E-state index contributed by atoms with van der Waals surface area (Å²) in [6.07, 6.45) is 0. The van der Waals surface area contributed by atoms with Gasteiger partial charge in [0.25, 0.3) is 0 Å². The number of fused-ring (bicyclic) bond motifs is 3. The van der Waals surface area contributed by atoms with Gasteiger partial charge in [-0.1, -0.05) is 46.7 Å². The summed E-state index contributed by atoms with van der Waals surface area (Å²) in [4.78, 5) is 0.833. The standard InChI is InChI=1S/C15H7Cl2NOS2/c16-9-3-1-8(2-4-9)13-14(19)18-11-7-10(17)5-6-12(11)20-15(18)21-13/h1-7H/p+1. The maximum Gasteiger partial charge on any atom is 0.391 e. The van der Waals surface area contributed by atoms with E-state index < -0.39 is 0 Å². The van der Waals surface area contributed by atoms with Crippen LogP contribution < -0.4 is 4.40 Å². The predicted octanol–water partition coefficient (Wildman–Crippen LogP) is 5.38. The highest BCUT2D eigenvalue weighted by molar-refractivity contribution is 7.39. The van der Waals surface area contributed by atoms with Crippen LogP contribution in [-0.4, -0.2) is 5.11 Å². The summed E-state index contributed by atoms with van der Waals surface area (Å²) in [7, 11) is 0. The molecule has 6 heteroatoms. The van der Waals surface area contributed by atoms with Crippen molar-refractivity contribution in [3.05, 3.63) is 52.5 Å². The van der Waals surface area contributed by atoms with Gasteiger partial charge < -0.3 is 5.11 Å². The SMILES string of the molecule is Oc1c(-c2ccc(Cl)cc2)sc2sc3ccc(Cl)cc3[n+]12. The lowest BCUT2D eigenvalue weighted by molar-refractivity contribution is -0.484. The second-order valence-corrected chi connectivity index (χ2v) is 7.74. The Bertz CT molecular complexity index is 973. The largest absolute Gasteiger partial charge is 0.458 e. The summed E-state index contributed by atoms with van der Waals surface area (Å²) in [5, 5.41) is 11.9. The second-order valence-electron chi connectivity index (χ2n) is 4.58. The van der Waals surface area contributed by atoms with E-state index in [0.29, 0.717) is 10.0 Å². The van der Waals surface area contributed by atoms with Crippen LogP contribution in [0.2, 0.25) is 10.0 Å². The zero-order valence-corrected chi connectivity index (χ0v) is 13.7. The van der Waals surface area contributed by atoms with Gasteiger partial charge in [0.15, 0.2) is 4.88 Å². The predicted molar refractivity (Wildman–Crippen MR) is 90.0 cm³/mol. The van der Waals surface area contributed by atoms with E-state index in [1.54, 1.807) is 22.7 Å². The molecule has 0 aliphatic rings. The summed E-state index contributed by atoms with van der Waals surface area (Å²) in [6, 6.07) is 13.2. The lowest BCUT2D eigenvalue weighted by Gasteiger charge is -1.95. The van der Waals surface area contributed by atoms with Crippen LogP contribution in [0.25, 0.3) is 24.8 Å². The molecule has 0 saturated heterocycles. The van der Waals surface area contributed by atoms with Crippen molar-refractivity contribution in [2.24, 2.45) is 0 Å². The fourth-order valence-corrected chi connectivity index (χ4v) is 5.00. The van der Waals surface area contributed by atoms with Crippen LogP contribution in [0.5, 0.6) is 5.88 Å². The third kappa shape index (κ3) is 2.10. The number of aromatic nitrogens is 1. The van der Waals surface area contributed by atoms with Crippen LogP contribution in [0.3, 0.4) is 0 Å². The molecule has 0 radical (unpaired) electrons. The average Bonchev–Trinajstić information content (AvgIpc) is 2.97. The van der Waals surface area contributed by atoms with Crippen LogP contribution in [0.15, 0.2) is 42.5 Å². The monoisotopic (exact) mass is 352 g/mol. The first kappa shape index (κ1) is 13.3. The molecular formula is C15H8Cl2NOS2+. The highest BCUT2D eigenvalue weighted by Gasteiger charge is 2.27. The number of hydrogen-bond donors (Lipinski definition) is 1. The van der Waals surface area contributed by atoms with Crippen LogP contribution in [0.4, 0.5) is 0 Å². The van der Waals surface area contributed by atoms with E-state index >= 15 is 0 Å². The Morgan fingerprint density at radius 2 is 1.62 bits per heavy atom. The average molecular weight is 353 g/mol. The van der Waals surface area contributed by atoms with Gasteiger partial charge in [-0.05, 0) is 35.6 Å². The Hall–Kier alpha value is -1.33. The molecule has 0 aliphatic heterocycles. The smallest absolute Gasteiger partial charge is 0.391 e. The molecule has 2 aromatic heterocycles. The molecule has 0 saturated carbocycles. The molecule has 0 atom stereocenters. The van der Waals surface area contributed by atoms with Gasteiger partial charge in [0.05, 0.1) is 0 Å². The molecule has 2 nitrogen and oxygen atoms in total. The zero-order chi connectivity index (χ0) is 14.6. The Balaban J connectivity index is 2.02. The number of aromatic hydroxyl groups is 1. The molecule has 0 fully saturated rings. The molecule has 104 valence electrons. The Morgan fingerprint density at radius 1 is 0.905 bits per heavy atom. The highest BCUT2D eigenvalue weighted by atomic mass is 35.5. The van der Waals surface area contributed by atoms with Gasteiger partial charge in [0, 0.05) is 21.7 Å². The van der Waals surface area contributed by atoms with Gasteiger partial charge in [-0.25, -0.2) is 0 Å². The van der Waals surface area contributed by atoms with Crippen molar-refractivity contribution in [1.29, 1.82) is 0 Å². The van der Waals surface area contributed by atoms with Gasteiger partial charge in [-0.3, -0.25) is 0 Å². The molecule has 2 heterocycles. The molecule has 4 rings (SSSR count). The fourth-order valence-electron chi connectivity index (χ4n) is 2.28. The van der Waals surface area contributed by atoms with Gasteiger partial charge in [0.2, 0.25) is 5.52 Å². The Morgan fingerprint density at radius 3 is 2.38 bits per heavy atom. The van der Waals surface area contributed by atoms with Crippen molar-refractivity contribution >= 4 is 60.2 Å². The van der Waals surface area contributed by atoms with E-state index in [1.807, 2.05) is 46.9 Å². The van der Waals surface area contributed by atoms with Crippen LogP contribution in [0.1, 0.15) is 0 Å². The summed E-state index contributed by atoms with van der Waals surface area (Å²) < 4.78 is 3.97. The normalized spacial score (nSPS) is 11.5. The van der Waals surface area contributed by atoms with Gasteiger partial charge in [-0.2, -0.15) is 0 Å². The number of rotatable bonds is 1. The van der Waals surface area contributed by atoms with Crippen molar-refractivity contribution in [1.82, 2.24) is 0 Å². The molecular weight excluding hydrogens is 345 g/mol. The topological polar surface area (TPSA) is 24.3 Å². The summed E-state index contributed by atoms with van der Waals surface area (Å²) in [6.45, 7) is 0.